The third kappa shape index (κ3) is 2.41. The number of thiophene rings is 1. The number of aromatic nitrogens is 5. The molecule has 1 aliphatic rings. The lowest BCUT2D eigenvalue weighted by atomic mass is 9.97. The summed E-state index contributed by atoms with van der Waals surface area (Å²) in [5.41, 5.74) is 0.502. The van der Waals surface area contributed by atoms with Crippen molar-refractivity contribution in [3.63, 3.8) is 0 Å². The van der Waals surface area contributed by atoms with Gasteiger partial charge >= 0.3 is 0 Å². The maximum absolute atomic E-state index is 13.0. The van der Waals surface area contributed by atoms with Crippen molar-refractivity contribution in [2.45, 2.75) is 25.7 Å². The number of carbonyl (C=O) groups excluding carboxylic acids is 1. The van der Waals surface area contributed by atoms with Gasteiger partial charge in [0.05, 0.1) is 16.6 Å². The van der Waals surface area contributed by atoms with Crippen molar-refractivity contribution in [3.05, 3.63) is 39.3 Å². The molecule has 3 aromatic rings. The fourth-order valence-corrected chi connectivity index (χ4v) is 4.34. The quantitative estimate of drug-likeness (QED) is 0.731. The van der Waals surface area contributed by atoms with E-state index in [-0.39, 0.29) is 17.4 Å². The molecule has 24 heavy (non-hydrogen) atoms. The number of hydrogen-bond acceptors (Lipinski definition) is 6. The topological polar surface area (TPSA) is 108 Å². The zero-order chi connectivity index (χ0) is 16.7. The van der Waals surface area contributed by atoms with Gasteiger partial charge in [0.25, 0.3) is 11.5 Å². The van der Waals surface area contributed by atoms with Crippen LogP contribution in [-0.4, -0.2) is 49.0 Å². The third-order valence-electron chi connectivity index (χ3n) is 4.46. The Bertz CT molecular complexity index is 945. The molecule has 3 aromatic heterocycles. The van der Waals surface area contributed by atoms with Crippen LogP contribution in [0.25, 0.3) is 10.2 Å². The van der Waals surface area contributed by atoms with Gasteiger partial charge in [0.15, 0.2) is 0 Å². The first-order valence-electron chi connectivity index (χ1n) is 7.76. The molecular weight excluding hydrogens is 328 g/mol. The largest absolute Gasteiger partial charge is 0.337 e. The average molecular weight is 344 g/mol. The van der Waals surface area contributed by atoms with Crippen LogP contribution in [0.4, 0.5) is 0 Å². The fourth-order valence-electron chi connectivity index (χ4n) is 3.22. The lowest BCUT2D eigenvalue weighted by molar-refractivity contribution is 0.0709. The summed E-state index contributed by atoms with van der Waals surface area (Å²) in [5.74, 6) is 0.944. The highest BCUT2D eigenvalue weighted by molar-refractivity contribution is 7.20. The van der Waals surface area contributed by atoms with E-state index in [4.69, 9.17) is 0 Å². The lowest BCUT2D eigenvalue weighted by Gasteiger charge is -2.31. The minimum atomic E-state index is -0.203. The fraction of sp³-hybridized carbons (Fsp3) is 0.400. The Kier molecular flexibility index (Phi) is 3.64. The number of aryl methyl sites for hydroxylation is 1. The van der Waals surface area contributed by atoms with Gasteiger partial charge in [-0.25, -0.2) is 9.97 Å². The van der Waals surface area contributed by atoms with Gasteiger partial charge in [0, 0.05) is 19.0 Å². The van der Waals surface area contributed by atoms with Crippen molar-refractivity contribution in [2.24, 2.45) is 0 Å². The normalized spacial score (nSPS) is 18.2. The van der Waals surface area contributed by atoms with E-state index < -0.39 is 0 Å². The number of H-pyrrole nitrogens is 2. The van der Waals surface area contributed by atoms with Crippen molar-refractivity contribution in [1.82, 2.24) is 30.0 Å². The molecule has 0 unspecified atom stereocenters. The summed E-state index contributed by atoms with van der Waals surface area (Å²) in [6.07, 6.45) is 4.76. The van der Waals surface area contributed by atoms with Gasteiger partial charge in [0.2, 0.25) is 0 Å². The molecule has 8 nitrogen and oxygen atoms in total. The molecular formula is C15H16N6O2S. The number of piperidine rings is 1. The van der Waals surface area contributed by atoms with Crippen LogP contribution in [0.1, 0.15) is 39.8 Å². The number of rotatable bonds is 2. The van der Waals surface area contributed by atoms with Gasteiger partial charge in [-0.2, -0.15) is 5.10 Å². The van der Waals surface area contributed by atoms with Crippen LogP contribution in [0.5, 0.6) is 0 Å². The van der Waals surface area contributed by atoms with E-state index in [1.165, 1.54) is 24.0 Å². The monoisotopic (exact) mass is 344 g/mol. The van der Waals surface area contributed by atoms with E-state index >= 15 is 0 Å². The molecule has 0 aliphatic carbocycles. The molecule has 1 amide bonds. The van der Waals surface area contributed by atoms with Gasteiger partial charge in [-0.15, -0.1) is 11.3 Å². The van der Waals surface area contributed by atoms with E-state index in [2.05, 4.69) is 25.1 Å². The second-order valence-corrected chi connectivity index (χ2v) is 6.93. The summed E-state index contributed by atoms with van der Waals surface area (Å²) >= 11 is 1.28. The number of hydrogen-bond donors (Lipinski definition) is 2. The van der Waals surface area contributed by atoms with Crippen LogP contribution < -0.4 is 5.56 Å². The molecule has 2 N–H and O–H groups in total. The molecule has 1 aliphatic heterocycles. The first-order valence-corrected chi connectivity index (χ1v) is 8.58. The number of amides is 1. The van der Waals surface area contributed by atoms with Crippen LogP contribution in [0.2, 0.25) is 0 Å². The second-order valence-electron chi connectivity index (χ2n) is 5.93. The van der Waals surface area contributed by atoms with E-state index in [1.54, 1.807) is 6.92 Å². The number of nitrogens with zero attached hydrogens (tertiary/aromatic N) is 4. The van der Waals surface area contributed by atoms with Crippen molar-refractivity contribution in [2.75, 3.05) is 13.1 Å². The zero-order valence-corrected chi connectivity index (χ0v) is 13.9. The molecule has 0 bridgehead atoms. The highest BCUT2D eigenvalue weighted by atomic mass is 32.1. The van der Waals surface area contributed by atoms with Crippen LogP contribution in [-0.2, 0) is 0 Å². The molecule has 0 aromatic carbocycles. The highest BCUT2D eigenvalue weighted by Gasteiger charge is 2.29. The lowest BCUT2D eigenvalue weighted by Crippen LogP contribution is -2.39. The third-order valence-corrected chi connectivity index (χ3v) is 5.64. The first kappa shape index (κ1) is 15.0. The van der Waals surface area contributed by atoms with E-state index in [9.17, 15) is 9.59 Å². The van der Waals surface area contributed by atoms with Gasteiger partial charge in [-0.05, 0) is 25.3 Å². The van der Waals surface area contributed by atoms with Crippen molar-refractivity contribution >= 4 is 27.5 Å². The van der Waals surface area contributed by atoms with E-state index in [0.29, 0.717) is 33.7 Å². The van der Waals surface area contributed by atoms with Gasteiger partial charge in [-0.3, -0.25) is 14.7 Å². The Morgan fingerprint density at radius 3 is 3.04 bits per heavy atom. The molecule has 1 saturated heterocycles. The predicted molar refractivity (Wildman–Crippen MR) is 89.2 cm³/mol. The molecule has 9 heteroatoms. The summed E-state index contributed by atoms with van der Waals surface area (Å²) in [6, 6.07) is 0. The molecule has 0 radical (unpaired) electrons. The Labute approximate surface area is 140 Å². The van der Waals surface area contributed by atoms with Crippen LogP contribution in [0.15, 0.2) is 17.4 Å². The zero-order valence-electron chi connectivity index (χ0n) is 13.1. The van der Waals surface area contributed by atoms with Crippen molar-refractivity contribution in [3.8, 4) is 0 Å². The first-order chi connectivity index (χ1) is 11.6. The van der Waals surface area contributed by atoms with Crippen molar-refractivity contribution in [1.29, 1.82) is 0 Å². The van der Waals surface area contributed by atoms with E-state index in [1.807, 2.05) is 4.90 Å². The number of nitrogens with one attached hydrogen (secondary N) is 2. The molecule has 124 valence electrons. The molecule has 0 saturated carbocycles. The summed E-state index contributed by atoms with van der Waals surface area (Å²) in [5, 5.41) is 7.30. The maximum atomic E-state index is 13.0. The molecule has 4 rings (SSSR count). The van der Waals surface area contributed by atoms with Gasteiger partial charge < -0.3 is 9.88 Å². The number of aromatic amines is 2. The Morgan fingerprint density at radius 2 is 2.29 bits per heavy atom. The average Bonchev–Trinajstić information content (AvgIpc) is 3.23. The molecule has 4 heterocycles. The summed E-state index contributed by atoms with van der Waals surface area (Å²) in [7, 11) is 0. The Balaban J connectivity index is 1.65. The number of likely N-dealkylation sites (tertiary alicyclic amines) is 1. The van der Waals surface area contributed by atoms with Crippen LogP contribution >= 0.6 is 11.3 Å². The summed E-state index contributed by atoms with van der Waals surface area (Å²) in [4.78, 5) is 38.9. The van der Waals surface area contributed by atoms with Crippen molar-refractivity contribution < 1.29 is 4.79 Å². The minimum Gasteiger partial charge on any atom is -0.337 e. The van der Waals surface area contributed by atoms with E-state index in [0.717, 1.165) is 18.7 Å². The maximum Gasteiger partial charge on any atom is 0.264 e. The summed E-state index contributed by atoms with van der Waals surface area (Å²) in [6.45, 7) is 3.12. The van der Waals surface area contributed by atoms with Crippen LogP contribution in [0.3, 0.4) is 0 Å². The van der Waals surface area contributed by atoms with Gasteiger partial charge in [0.1, 0.15) is 17.0 Å². The predicted octanol–water partition coefficient (Wildman–Crippen LogP) is 1.43. The smallest absolute Gasteiger partial charge is 0.264 e. The Hall–Kier alpha value is -2.55. The number of carbonyl (C=O) groups is 1. The van der Waals surface area contributed by atoms with Gasteiger partial charge in [-0.1, -0.05) is 0 Å². The van der Waals surface area contributed by atoms with Crippen LogP contribution in [0, 0.1) is 6.92 Å². The highest BCUT2D eigenvalue weighted by Crippen LogP contribution is 2.30. The standard InChI is InChI=1S/C15H16N6O2S/c1-8-10-13(22)17-6-18-14(10)24-11(8)15(23)21-4-2-3-9(5-21)12-16-7-19-20-12/h6-7,9H,2-5H2,1H3,(H,16,19,20)(H,17,18,22)/t9-/m0/s1. The Morgan fingerprint density at radius 1 is 1.42 bits per heavy atom. The minimum absolute atomic E-state index is 0.0425. The second kappa shape index (κ2) is 5.82. The number of fused-ring (bicyclic) bond motifs is 1. The molecule has 1 atom stereocenters. The summed E-state index contributed by atoms with van der Waals surface area (Å²) < 4.78 is 0. The molecule has 1 fully saturated rings. The molecule has 0 spiro atoms. The SMILES string of the molecule is Cc1c(C(=O)N2CCC[C@H](c3ncn[nH]3)C2)sc2nc[nH]c(=O)c12.